The second kappa shape index (κ2) is 8.10. The van der Waals surface area contributed by atoms with E-state index < -0.39 is 11.8 Å². The van der Waals surface area contributed by atoms with Crippen LogP contribution in [0.4, 0.5) is 4.79 Å². The first kappa shape index (κ1) is 21.0. The van der Waals surface area contributed by atoms with Gasteiger partial charge in [-0.1, -0.05) is 43.3 Å². The standard InChI is InChI=1S/C23H23N5O4/c1-4-14-12-17(19(29)13-20(14)32-23(31)26(2)3)21-25-28(24)22(30)27(21)18-11-7-9-15-8-5-6-10-16(15)18/h5-13,29H,4,24H2,1-3H3. The zero-order valence-corrected chi connectivity index (χ0v) is 17.9. The summed E-state index contributed by atoms with van der Waals surface area (Å²) in [5, 5.41) is 16.8. The summed E-state index contributed by atoms with van der Waals surface area (Å²) in [6.07, 6.45) is -0.0451. The Labute approximate surface area is 183 Å². The minimum absolute atomic E-state index is 0.173. The molecule has 0 saturated heterocycles. The lowest BCUT2D eigenvalue weighted by Gasteiger charge is -2.16. The summed E-state index contributed by atoms with van der Waals surface area (Å²) < 4.78 is 6.74. The van der Waals surface area contributed by atoms with E-state index >= 15 is 0 Å². The maximum absolute atomic E-state index is 12.9. The van der Waals surface area contributed by atoms with Crippen molar-refractivity contribution in [1.29, 1.82) is 0 Å². The van der Waals surface area contributed by atoms with Crippen LogP contribution in [0.25, 0.3) is 27.8 Å². The van der Waals surface area contributed by atoms with Crippen LogP contribution in [-0.2, 0) is 6.42 Å². The number of fused-ring (bicyclic) bond motifs is 1. The largest absolute Gasteiger partial charge is 0.507 e. The summed E-state index contributed by atoms with van der Waals surface area (Å²) in [7, 11) is 3.14. The van der Waals surface area contributed by atoms with Gasteiger partial charge < -0.3 is 20.6 Å². The predicted octanol–water partition coefficient (Wildman–Crippen LogP) is 2.90. The molecule has 0 aliphatic heterocycles. The van der Waals surface area contributed by atoms with Crippen molar-refractivity contribution in [2.75, 3.05) is 19.9 Å². The summed E-state index contributed by atoms with van der Waals surface area (Å²) in [5.74, 6) is 6.03. The number of hydrogen-bond donors (Lipinski definition) is 2. The van der Waals surface area contributed by atoms with Gasteiger partial charge in [-0.05, 0) is 29.5 Å². The van der Waals surface area contributed by atoms with Crippen molar-refractivity contribution in [1.82, 2.24) is 19.4 Å². The van der Waals surface area contributed by atoms with Crippen LogP contribution >= 0.6 is 0 Å². The minimum Gasteiger partial charge on any atom is -0.507 e. The number of hydrogen-bond acceptors (Lipinski definition) is 6. The van der Waals surface area contributed by atoms with Crippen molar-refractivity contribution in [2.24, 2.45) is 0 Å². The first-order chi connectivity index (χ1) is 15.3. The molecule has 3 N–H and O–H groups in total. The van der Waals surface area contributed by atoms with Gasteiger partial charge in [0.25, 0.3) is 0 Å². The number of aromatic nitrogens is 3. The summed E-state index contributed by atoms with van der Waals surface area (Å²) in [6, 6.07) is 16.2. The molecule has 1 heterocycles. The van der Waals surface area contributed by atoms with Gasteiger partial charge in [-0.2, -0.15) is 0 Å². The Morgan fingerprint density at radius 1 is 1.16 bits per heavy atom. The third-order valence-corrected chi connectivity index (χ3v) is 5.17. The molecule has 0 saturated carbocycles. The Kier molecular flexibility index (Phi) is 5.31. The Bertz CT molecular complexity index is 1380. The Morgan fingerprint density at radius 3 is 2.59 bits per heavy atom. The van der Waals surface area contributed by atoms with Crippen molar-refractivity contribution < 1.29 is 14.6 Å². The topological polar surface area (TPSA) is 116 Å². The van der Waals surface area contributed by atoms with Crippen LogP contribution in [0.5, 0.6) is 11.5 Å². The fourth-order valence-corrected chi connectivity index (χ4v) is 3.53. The third kappa shape index (κ3) is 3.53. The predicted molar refractivity (Wildman–Crippen MR) is 122 cm³/mol. The molecule has 32 heavy (non-hydrogen) atoms. The maximum atomic E-state index is 12.9. The van der Waals surface area contributed by atoms with E-state index in [4.69, 9.17) is 10.6 Å². The van der Waals surface area contributed by atoms with E-state index in [-0.39, 0.29) is 17.3 Å². The molecule has 0 radical (unpaired) electrons. The summed E-state index contributed by atoms with van der Waals surface area (Å²) in [6.45, 7) is 1.89. The quantitative estimate of drug-likeness (QED) is 0.478. The number of nitrogens with two attached hydrogens (primary N) is 1. The van der Waals surface area contributed by atoms with Crippen LogP contribution in [0, 0.1) is 0 Å². The molecule has 1 amide bonds. The van der Waals surface area contributed by atoms with E-state index in [1.807, 2.05) is 43.3 Å². The average molecular weight is 433 g/mol. The molecule has 4 rings (SSSR count). The first-order valence-electron chi connectivity index (χ1n) is 10.0. The van der Waals surface area contributed by atoms with Gasteiger partial charge in [0.15, 0.2) is 5.82 Å². The molecule has 9 nitrogen and oxygen atoms in total. The Balaban J connectivity index is 1.93. The van der Waals surface area contributed by atoms with Crippen LogP contribution in [0.2, 0.25) is 0 Å². The number of phenolic OH excluding ortho intramolecular Hbond substituents is 1. The van der Waals surface area contributed by atoms with Gasteiger partial charge in [0.2, 0.25) is 0 Å². The highest BCUT2D eigenvalue weighted by molar-refractivity contribution is 5.91. The number of rotatable bonds is 4. The molecule has 0 aliphatic carbocycles. The second-order valence-corrected chi connectivity index (χ2v) is 7.48. The average Bonchev–Trinajstić information content (AvgIpc) is 3.07. The summed E-state index contributed by atoms with van der Waals surface area (Å²) in [4.78, 5) is 27.0. The number of aryl methyl sites for hydroxylation is 1. The highest BCUT2D eigenvalue weighted by Crippen LogP contribution is 2.36. The monoisotopic (exact) mass is 433 g/mol. The number of amides is 1. The number of nitrogens with zero attached hydrogens (tertiary/aromatic N) is 4. The molecule has 1 aromatic heterocycles. The van der Waals surface area contributed by atoms with Crippen LogP contribution in [0.3, 0.4) is 0 Å². The summed E-state index contributed by atoms with van der Waals surface area (Å²) >= 11 is 0. The van der Waals surface area contributed by atoms with E-state index in [0.29, 0.717) is 23.2 Å². The minimum atomic E-state index is -0.564. The third-order valence-electron chi connectivity index (χ3n) is 5.17. The zero-order chi connectivity index (χ0) is 23.0. The number of phenols is 1. The molecule has 9 heteroatoms. The SMILES string of the molecule is CCc1cc(-c2nn(N)c(=O)n2-c2cccc3ccccc23)c(O)cc1OC(=O)N(C)C. The van der Waals surface area contributed by atoms with E-state index in [0.717, 1.165) is 15.6 Å². The highest BCUT2D eigenvalue weighted by Gasteiger charge is 2.22. The van der Waals surface area contributed by atoms with Gasteiger partial charge >= 0.3 is 11.8 Å². The zero-order valence-electron chi connectivity index (χ0n) is 17.9. The molecule has 0 fully saturated rings. The molecule has 164 valence electrons. The van der Waals surface area contributed by atoms with E-state index in [1.165, 1.54) is 15.5 Å². The van der Waals surface area contributed by atoms with Crippen LogP contribution in [0.15, 0.2) is 59.4 Å². The fourth-order valence-electron chi connectivity index (χ4n) is 3.53. The number of benzene rings is 3. The molecule has 3 aromatic carbocycles. The van der Waals surface area contributed by atoms with Gasteiger partial charge in [-0.25, -0.2) is 14.2 Å². The first-order valence-corrected chi connectivity index (χ1v) is 10.0. The molecule has 0 aliphatic rings. The van der Waals surface area contributed by atoms with Crippen molar-refractivity contribution in [3.05, 3.63) is 70.6 Å². The Hall–Kier alpha value is -4.27. The number of aromatic hydroxyl groups is 1. The van der Waals surface area contributed by atoms with Gasteiger partial charge in [0.1, 0.15) is 11.5 Å². The Morgan fingerprint density at radius 2 is 1.88 bits per heavy atom. The van der Waals surface area contributed by atoms with E-state index in [9.17, 15) is 14.7 Å². The second-order valence-electron chi connectivity index (χ2n) is 7.48. The number of carbonyl (C=O) groups excluding carboxylic acids is 1. The summed E-state index contributed by atoms with van der Waals surface area (Å²) in [5.41, 5.74) is 0.981. The van der Waals surface area contributed by atoms with Crippen LogP contribution < -0.4 is 16.3 Å². The van der Waals surface area contributed by atoms with Gasteiger partial charge in [-0.15, -0.1) is 9.89 Å². The van der Waals surface area contributed by atoms with Crippen molar-refractivity contribution in [3.8, 4) is 28.6 Å². The normalized spacial score (nSPS) is 11.0. The van der Waals surface area contributed by atoms with Crippen LogP contribution in [-0.4, -0.2) is 44.7 Å². The lowest BCUT2D eigenvalue weighted by atomic mass is 10.0. The fraction of sp³-hybridized carbons (Fsp3) is 0.174. The molecule has 0 bridgehead atoms. The highest BCUT2D eigenvalue weighted by atomic mass is 16.6. The van der Waals surface area contributed by atoms with Gasteiger partial charge in [0.05, 0.1) is 11.3 Å². The van der Waals surface area contributed by atoms with E-state index in [2.05, 4.69) is 5.10 Å². The van der Waals surface area contributed by atoms with Crippen LogP contribution in [0.1, 0.15) is 12.5 Å². The molecular weight excluding hydrogens is 410 g/mol. The molecule has 0 unspecified atom stereocenters. The van der Waals surface area contributed by atoms with Crippen molar-refractivity contribution in [2.45, 2.75) is 13.3 Å². The molecule has 0 spiro atoms. The number of ether oxygens (including phenoxy) is 1. The molecule has 4 aromatic rings. The van der Waals surface area contributed by atoms with Gasteiger partial charge in [0, 0.05) is 25.5 Å². The van der Waals surface area contributed by atoms with Gasteiger partial charge in [-0.3, -0.25) is 0 Å². The van der Waals surface area contributed by atoms with Crippen molar-refractivity contribution >= 4 is 16.9 Å². The lowest BCUT2D eigenvalue weighted by molar-refractivity contribution is 0.171. The van der Waals surface area contributed by atoms with E-state index in [1.54, 1.807) is 26.2 Å². The van der Waals surface area contributed by atoms with Crippen molar-refractivity contribution in [3.63, 3.8) is 0 Å². The number of carbonyl (C=O) groups is 1. The molecule has 0 atom stereocenters. The lowest BCUT2D eigenvalue weighted by Crippen LogP contribution is -2.29. The smallest absolute Gasteiger partial charge is 0.414 e. The number of nitrogen functional groups attached to an aromatic ring is 1. The molecular formula is C23H23N5O4. The maximum Gasteiger partial charge on any atom is 0.414 e.